The smallest absolute Gasteiger partial charge is 0.289 e. The molecule has 1 unspecified atom stereocenters. The molecular formula is C8H9FN4OS. The molecule has 0 bridgehead atoms. The summed E-state index contributed by atoms with van der Waals surface area (Å²) in [5.74, 6) is 0. The van der Waals surface area contributed by atoms with Gasteiger partial charge in [0.05, 0.1) is 19.0 Å². The standard InChI is InChI=1S/C8H9FN4OS/c1-4(14)2-13-3-10-5-6(13)11-8(9)12-7(5)15/h3-4,14H,2H2,1H3,(H,11,12,15). The molecule has 0 radical (unpaired) electrons. The van der Waals surface area contributed by atoms with Gasteiger partial charge >= 0.3 is 0 Å². The van der Waals surface area contributed by atoms with Crippen LogP contribution in [-0.4, -0.2) is 30.7 Å². The molecule has 0 aliphatic heterocycles. The largest absolute Gasteiger partial charge is 0.392 e. The summed E-state index contributed by atoms with van der Waals surface area (Å²) in [6.07, 6.45) is 0.200. The van der Waals surface area contributed by atoms with Crippen molar-refractivity contribution in [2.45, 2.75) is 19.6 Å². The highest BCUT2D eigenvalue weighted by atomic mass is 32.1. The number of imidazole rings is 1. The Hall–Kier alpha value is -1.34. The van der Waals surface area contributed by atoms with Gasteiger partial charge in [0, 0.05) is 0 Å². The molecule has 2 rings (SSSR count). The summed E-state index contributed by atoms with van der Waals surface area (Å²) in [6, 6.07) is 0. The molecule has 80 valence electrons. The van der Waals surface area contributed by atoms with Crippen LogP contribution in [0.4, 0.5) is 4.39 Å². The molecule has 15 heavy (non-hydrogen) atoms. The Labute approximate surface area is 89.6 Å². The van der Waals surface area contributed by atoms with Crippen molar-refractivity contribution in [3.05, 3.63) is 17.0 Å². The minimum Gasteiger partial charge on any atom is -0.392 e. The number of nitrogens with one attached hydrogen (secondary N) is 1. The fraction of sp³-hybridized carbons (Fsp3) is 0.375. The zero-order valence-corrected chi connectivity index (χ0v) is 8.75. The van der Waals surface area contributed by atoms with E-state index in [2.05, 4.69) is 15.0 Å². The van der Waals surface area contributed by atoms with Crippen LogP contribution in [0.2, 0.25) is 0 Å². The fourth-order valence-electron chi connectivity index (χ4n) is 1.36. The van der Waals surface area contributed by atoms with Gasteiger partial charge in [-0.15, -0.1) is 0 Å². The molecule has 2 aromatic heterocycles. The van der Waals surface area contributed by atoms with Crippen molar-refractivity contribution < 1.29 is 9.50 Å². The number of nitrogens with zero attached hydrogens (tertiary/aromatic N) is 3. The van der Waals surface area contributed by atoms with Crippen LogP contribution >= 0.6 is 12.2 Å². The van der Waals surface area contributed by atoms with Gasteiger partial charge in [-0.3, -0.25) is 4.98 Å². The Balaban J connectivity index is 2.63. The molecule has 2 N–H and O–H groups in total. The summed E-state index contributed by atoms with van der Waals surface area (Å²) in [5.41, 5.74) is 0.875. The van der Waals surface area contributed by atoms with Crippen molar-refractivity contribution in [2.75, 3.05) is 0 Å². The summed E-state index contributed by atoms with van der Waals surface area (Å²) in [4.78, 5) is 9.88. The molecule has 0 fully saturated rings. The highest BCUT2D eigenvalue weighted by Gasteiger charge is 2.08. The highest BCUT2D eigenvalue weighted by molar-refractivity contribution is 7.71. The third kappa shape index (κ3) is 1.88. The quantitative estimate of drug-likeness (QED) is 0.594. The number of aliphatic hydroxyl groups excluding tert-OH is 1. The number of aromatic nitrogens is 4. The average Bonchev–Trinajstić information content (AvgIpc) is 2.48. The molecule has 0 saturated carbocycles. The summed E-state index contributed by atoms with van der Waals surface area (Å²) in [6.45, 7) is 1.96. The Morgan fingerprint density at radius 1 is 1.73 bits per heavy atom. The van der Waals surface area contributed by atoms with E-state index in [0.717, 1.165) is 0 Å². The SMILES string of the molecule is CC(O)Cn1cnc2c(=S)nc(F)[nH]c21. The molecule has 0 spiro atoms. The average molecular weight is 228 g/mol. The van der Waals surface area contributed by atoms with Crippen molar-refractivity contribution in [3.8, 4) is 0 Å². The van der Waals surface area contributed by atoms with Crippen LogP contribution in [0.25, 0.3) is 11.2 Å². The minimum absolute atomic E-state index is 0.116. The topological polar surface area (TPSA) is 66.7 Å². The summed E-state index contributed by atoms with van der Waals surface area (Å²) < 4.78 is 14.7. The monoisotopic (exact) mass is 228 g/mol. The first-order valence-electron chi connectivity index (χ1n) is 4.36. The van der Waals surface area contributed by atoms with Gasteiger partial charge in [-0.05, 0) is 6.92 Å². The first-order valence-corrected chi connectivity index (χ1v) is 4.77. The predicted molar refractivity (Wildman–Crippen MR) is 54.4 cm³/mol. The number of fused-ring (bicyclic) bond motifs is 1. The number of halogens is 1. The van der Waals surface area contributed by atoms with Gasteiger partial charge in [0.2, 0.25) is 0 Å². The minimum atomic E-state index is -0.750. The zero-order valence-electron chi connectivity index (χ0n) is 7.94. The maximum absolute atomic E-state index is 13.0. The molecule has 0 saturated heterocycles. The lowest BCUT2D eigenvalue weighted by Crippen LogP contribution is -2.11. The number of H-pyrrole nitrogens is 1. The molecular weight excluding hydrogens is 219 g/mol. The van der Waals surface area contributed by atoms with Crippen LogP contribution in [0.3, 0.4) is 0 Å². The maximum Gasteiger partial charge on any atom is 0.289 e. The molecule has 0 amide bonds. The van der Waals surface area contributed by atoms with E-state index in [1.165, 1.54) is 6.33 Å². The molecule has 0 aliphatic rings. The second kappa shape index (κ2) is 3.67. The lowest BCUT2D eigenvalue weighted by molar-refractivity contribution is 0.174. The first kappa shape index (κ1) is 10.2. The second-order valence-electron chi connectivity index (χ2n) is 3.28. The van der Waals surface area contributed by atoms with Crippen molar-refractivity contribution in [1.29, 1.82) is 0 Å². The van der Waals surface area contributed by atoms with Crippen LogP contribution in [-0.2, 0) is 6.54 Å². The third-order valence-electron chi connectivity index (χ3n) is 1.92. The summed E-state index contributed by atoms with van der Waals surface area (Å²) >= 11 is 4.86. The van der Waals surface area contributed by atoms with Crippen molar-refractivity contribution >= 4 is 23.4 Å². The molecule has 2 aromatic rings. The lowest BCUT2D eigenvalue weighted by Gasteiger charge is -2.05. The van der Waals surface area contributed by atoms with Crippen LogP contribution in [0.15, 0.2) is 6.33 Å². The van der Waals surface area contributed by atoms with E-state index in [0.29, 0.717) is 17.7 Å². The Bertz CT molecular complexity index is 547. The Morgan fingerprint density at radius 3 is 3.13 bits per heavy atom. The summed E-state index contributed by atoms with van der Waals surface area (Å²) in [7, 11) is 0. The second-order valence-corrected chi connectivity index (χ2v) is 3.66. The third-order valence-corrected chi connectivity index (χ3v) is 2.21. The van der Waals surface area contributed by atoms with Gasteiger partial charge < -0.3 is 9.67 Å². The summed E-state index contributed by atoms with van der Waals surface area (Å²) in [5, 5.41) is 9.22. The van der Waals surface area contributed by atoms with Gasteiger partial charge in [0.15, 0.2) is 4.64 Å². The Morgan fingerprint density at radius 2 is 2.47 bits per heavy atom. The highest BCUT2D eigenvalue weighted by Crippen LogP contribution is 2.11. The molecule has 0 aromatic carbocycles. The van der Waals surface area contributed by atoms with E-state index in [9.17, 15) is 9.50 Å². The van der Waals surface area contributed by atoms with Crippen molar-refractivity contribution in [3.63, 3.8) is 0 Å². The number of aromatic amines is 1. The van der Waals surface area contributed by atoms with E-state index in [1.54, 1.807) is 11.5 Å². The number of hydrogen-bond acceptors (Lipinski definition) is 4. The molecule has 5 nitrogen and oxygen atoms in total. The van der Waals surface area contributed by atoms with Crippen molar-refractivity contribution in [2.24, 2.45) is 0 Å². The van der Waals surface area contributed by atoms with Gasteiger partial charge in [-0.2, -0.15) is 9.37 Å². The zero-order chi connectivity index (χ0) is 11.0. The van der Waals surface area contributed by atoms with Crippen molar-refractivity contribution in [1.82, 2.24) is 19.5 Å². The molecule has 0 aliphatic carbocycles. The number of rotatable bonds is 2. The molecule has 7 heteroatoms. The Kier molecular flexibility index (Phi) is 2.49. The molecule has 2 heterocycles. The van der Waals surface area contributed by atoms with E-state index in [-0.39, 0.29) is 4.64 Å². The van der Waals surface area contributed by atoms with Gasteiger partial charge in [0.1, 0.15) is 11.2 Å². The molecule has 1 atom stereocenters. The fourth-order valence-corrected chi connectivity index (χ4v) is 1.59. The van der Waals surface area contributed by atoms with Gasteiger partial charge in [-0.1, -0.05) is 12.2 Å². The van der Waals surface area contributed by atoms with Gasteiger partial charge in [0.25, 0.3) is 6.08 Å². The van der Waals surface area contributed by atoms with E-state index >= 15 is 0 Å². The van der Waals surface area contributed by atoms with E-state index in [4.69, 9.17) is 12.2 Å². The van der Waals surface area contributed by atoms with Crippen LogP contribution < -0.4 is 0 Å². The predicted octanol–water partition coefficient (Wildman–Crippen LogP) is 1.01. The number of hydrogen-bond donors (Lipinski definition) is 2. The van der Waals surface area contributed by atoms with Crippen LogP contribution in [0, 0.1) is 10.7 Å². The maximum atomic E-state index is 13.0. The van der Waals surface area contributed by atoms with Crippen LogP contribution in [0.5, 0.6) is 0 Å². The van der Waals surface area contributed by atoms with E-state index < -0.39 is 12.2 Å². The number of aliphatic hydroxyl groups is 1. The lowest BCUT2D eigenvalue weighted by atomic mass is 10.4. The first-order chi connectivity index (χ1) is 7.08. The normalized spacial score (nSPS) is 13.3. The van der Waals surface area contributed by atoms with E-state index in [1.807, 2.05) is 0 Å². The van der Waals surface area contributed by atoms with Gasteiger partial charge in [-0.25, -0.2) is 4.98 Å². The van der Waals surface area contributed by atoms with Crippen LogP contribution in [0.1, 0.15) is 6.92 Å².